The van der Waals surface area contributed by atoms with Crippen molar-refractivity contribution in [3.05, 3.63) is 24.4 Å². The van der Waals surface area contributed by atoms with Crippen molar-refractivity contribution in [2.75, 3.05) is 51.3 Å². The Kier molecular flexibility index (Phi) is 7.29. The van der Waals surface area contributed by atoms with Gasteiger partial charge in [-0.05, 0) is 38.8 Å². The first-order valence-electron chi connectivity index (χ1n) is 10.1. The highest BCUT2D eigenvalue weighted by atomic mass is 16.5. The van der Waals surface area contributed by atoms with Crippen LogP contribution < -0.4 is 15.5 Å². The molecular formula is C20H34N6O. The van der Waals surface area contributed by atoms with Gasteiger partial charge in [0, 0.05) is 57.5 Å². The van der Waals surface area contributed by atoms with E-state index in [9.17, 15) is 0 Å². The molecule has 0 radical (unpaired) electrons. The lowest BCUT2D eigenvalue weighted by Gasteiger charge is -2.38. The van der Waals surface area contributed by atoms with E-state index in [4.69, 9.17) is 4.74 Å². The normalized spacial score (nSPS) is 23.9. The fourth-order valence-corrected chi connectivity index (χ4v) is 3.94. The van der Waals surface area contributed by atoms with Gasteiger partial charge in [0.15, 0.2) is 5.96 Å². The Labute approximate surface area is 163 Å². The van der Waals surface area contributed by atoms with Gasteiger partial charge in [-0.3, -0.25) is 9.89 Å². The van der Waals surface area contributed by atoms with Crippen molar-refractivity contribution >= 4 is 11.8 Å². The molecule has 0 spiro atoms. The molecule has 7 nitrogen and oxygen atoms in total. The van der Waals surface area contributed by atoms with Crippen LogP contribution in [0.1, 0.15) is 26.7 Å². The Morgan fingerprint density at radius 3 is 2.81 bits per heavy atom. The predicted molar refractivity (Wildman–Crippen MR) is 110 cm³/mol. The van der Waals surface area contributed by atoms with Gasteiger partial charge in [-0.2, -0.15) is 0 Å². The Morgan fingerprint density at radius 2 is 2.15 bits per heavy atom. The number of aliphatic imine (C=N–C) groups is 1. The van der Waals surface area contributed by atoms with Crippen LogP contribution in [0.4, 0.5) is 5.82 Å². The van der Waals surface area contributed by atoms with E-state index < -0.39 is 0 Å². The zero-order valence-corrected chi connectivity index (χ0v) is 16.9. The van der Waals surface area contributed by atoms with Crippen molar-refractivity contribution in [1.82, 2.24) is 20.5 Å². The highest BCUT2D eigenvalue weighted by molar-refractivity contribution is 5.80. The summed E-state index contributed by atoms with van der Waals surface area (Å²) in [5.74, 6) is 1.98. The van der Waals surface area contributed by atoms with E-state index >= 15 is 0 Å². The SMILES string of the molecule is CN=C(NCC(C)N1CCOCC1C)NC1CCN(c2ccccn2)CC1. The molecule has 150 valence electrons. The van der Waals surface area contributed by atoms with Crippen LogP contribution in [-0.4, -0.2) is 80.4 Å². The summed E-state index contributed by atoms with van der Waals surface area (Å²) < 4.78 is 5.54. The summed E-state index contributed by atoms with van der Waals surface area (Å²) >= 11 is 0. The van der Waals surface area contributed by atoms with Gasteiger partial charge in [0.25, 0.3) is 0 Å². The molecule has 0 aliphatic carbocycles. The van der Waals surface area contributed by atoms with Crippen LogP contribution in [-0.2, 0) is 4.74 Å². The average Bonchev–Trinajstić information content (AvgIpc) is 2.72. The van der Waals surface area contributed by atoms with Gasteiger partial charge in [0.2, 0.25) is 0 Å². The van der Waals surface area contributed by atoms with E-state index in [-0.39, 0.29) is 0 Å². The zero-order chi connectivity index (χ0) is 19.1. The number of nitrogens with zero attached hydrogens (tertiary/aromatic N) is 4. The van der Waals surface area contributed by atoms with Crippen molar-refractivity contribution < 1.29 is 4.74 Å². The summed E-state index contributed by atoms with van der Waals surface area (Å²) in [6, 6.07) is 7.48. The maximum absolute atomic E-state index is 5.54. The topological polar surface area (TPSA) is 65.0 Å². The number of hydrogen-bond acceptors (Lipinski definition) is 5. The number of nitrogens with one attached hydrogen (secondary N) is 2. The Balaban J connectivity index is 1.41. The third kappa shape index (κ3) is 5.56. The smallest absolute Gasteiger partial charge is 0.191 e. The second kappa shape index (κ2) is 9.90. The molecule has 0 saturated carbocycles. The number of pyridine rings is 1. The summed E-state index contributed by atoms with van der Waals surface area (Å²) in [6.45, 7) is 10.1. The molecule has 3 heterocycles. The van der Waals surface area contributed by atoms with Gasteiger partial charge in [0.05, 0.1) is 13.2 Å². The molecular weight excluding hydrogens is 340 g/mol. The molecule has 0 bridgehead atoms. The molecule has 2 fully saturated rings. The predicted octanol–water partition coefficient (Wildman–Crippen LogP) is 1.32. The standard InChI is InChI=1S/C20H34N6O/c1-16(26-12-13-27-15-17(26)2)14-23-20(21-3)24-18-7-10-25(11-8-18)19-6-4-5-9-22-19/h4-6,9,16-18H,7-8,10-15H2,1-3H3,(H2,21,23,24). The molecule has 2 atom stereocenters. The minimum Gasteiger partial charge on any atom is -0.379 e. The van der Waals surface area contributed by atoms with Crippen LogP contribution in [0.5, 0.6) is 0 Å². The Hall–Kier alpha value is -1.86. The van der Waals surface area contributed by atoms with E-state index in [1.54, 1.807) is 0 Å². The van der Waals surface area contributed by atoms with Crippen LogP contribution >= 0.6 is 0 Å². The number of ether oxygens (including phenoxy) is 1. The highest BCUT2D eigenvalue weighted by Gasteiger charge is 2.24. The molecule has 1 aromatic rings. The molecule has 0 aromatic carbocycles. The zero-order valence-electron chi connectivity index (χ0n) is 16.9. The minimum atomic E-state index is 0.452. The molecule has 2 unspecified atom stereocenters. The largest absolute Gasteiger partial charge is 0.379 e. The molecule has 0 amide bonds. The minimum absolute atomic E-state index is 0.452. The van der Waals surface area contributed by atoms with Crippen LogP contribution in [0.2, 0.25) is 0 Å². The second-order valence-electron chi connectivity index (χ2n) is 7.56. The summed E-state index contributed by atoms with van der Waals surface area (Å²) in [5, 5.41) is 7.10. The van der Waals surface area contributed by atoms with Crippen molar-refractivity contribution in [2.24, 2.45) is 4.99 Å². The number of aromatic nitrogens is 1. The number of anilines is 1. The van der Waals surface area contributed by atoms with Gasteiger partial charge in [-0.25, -0.2) is 4.98 Å². The highest BCUT2D eigenvalue weighted by Crippen LogP contribution is 2.17. The van der Waals surface area contributed by atoms with Gasteiger partial charge < -0.3 is 20.3 Å². The Bertz CT molecular complexity index is 587. The first kappa shape index (κ1) is 19.9. The maximum atomic E-state index is 5.54. The molecule has 2 aliphatic rings. The lowest BCUT2D eigenvalue weighted by molar-refractivity contribution is -0.0174. The van der Waals surface area contributed by atoms with Crippen LogP contribution in [0.3, 0.4) is 0 Å². The van der Waals surface area contributed by atoms with Crippen LogP contribution in [0.15, 0.2) is 29.4 Å². The maximum Gasteiger partial charge on any atom is 0.191 e. The van der Waals surface area contributed by atoms with E-state index in [1.807, 2.05) is 19.3 Å². The van der Waals surface area contributed by atoms with E-state index in [0.29, 0.717) is 18.1 Å². The van der Waals surface area contributed by atoms with Crippen LogP contribution in [0.25, 0.3) is 0 Å². The third-order valence-electron chi connectivity index (χ3n) is 5.58. The lowest BCUT2D eigenvalue weighted by Crippen LogP contribution is -2.54. The summed E-state index contributed by atoms with van der Waals surface area (Å²) in [7, 11) is 1.85. The number of rotatable bonds is 5. The van der Waals surface area contributed by atoms with E-state index in [2.05, 4.69) is 56.4 Å². The molecule has 2 aliphatic heterocycles. The Morgan fingerprint density at radius 1 is 1.33 bits per heavy atom. The number of guanidine groups is 1. The third-order valence-corrected chi connectivity index (χ3v) is 5.58. The van der Waals surface area contributed by atoms with Crippen LogP contribution in [0, 0.1) is 0 Å². The van der Waals surface area contributed by atoms with E-state index in [1.165, 1.54) is 0 Å². The first-order chi connectivity index (χ1) is 13.2. The molecule has 7 heteroatoms. The van der Waals surface area contributed by atoms with E-state index in [0.717, 1.165) is 64.0 Å². The van der Waals surface area contributed by atoms with Crippen molar-refractivity contribution in [2.45, 2.75) is 44.8 Å². The van der Waals surface area contributed by atoms with Gasteiger partial charge in [-0.1, -0.05) is 6.07 Å². The molecule has 27 heavy (non-hydrogen) atoms. The molecule has 2 N–H and O–H groups in total. The molecule has 3 rings (SSSR count). The number of hydrogen-bond donors (Lipinski definition) is 2. The number of piperidine rings is 1. The van der Waals surface area contributed by atoms with Crippen molar-refractivity contribution in [1.29, 1.82) is 0 Å². The first-order valence-corrected chi connectivity index (χ1v) is 10.1. The second-order valence-corrected chi connectivity index (χ2v) is 7.56. The van der Waals surface area contributed by atoms with Gasteiger partial charge in [-0.15, -0.1) is 0 Å². The quantitative estimate of drug-likeness (QED) is 0.599. The summed E-state index contributed by atoms with van der Waals surface area (Å²) in [4.78, 5) is 13.7. The fourth-order valence-electron chi connectivity index (χ4n) is 3.94. The average molecular weight is 375 g/mol. The van der Waals surface area contributed by atoms with Gasteiger partial charge >= 0.3 is 0 Å². The summed E-state index contributed by atoms with van der Waals surface area (Å²) in [5.41, 5.74) is 0. The molecule has 2 saturated heterocycles. The van der Waals surface area contributed by atoms with Gasteiger partial charge in [0.1, 0.15) is 5.82 Å². The number of morpholine rings is 1. The van der Waals surface area contributed by atoms with Crippen molar-refractivity contribution in [3.8, 4) is 0 Å². The van der Waals surface area contributed by atoms with Crippen molar-refractivity contribution in [3.63, 3.8) is 0 Å². The summed E-state index contributed by atoms with van der Waals surface area (Å²) in [6.07, 6.45) is 4.04. The lowest BCUT2D eigenvalue weighted by atomic mass is 10.1. The fraction of sp³-hybridized carbons (Fsp3) is 0.700. The monoisotopic (exact) mass is 374 g/mol. The molecule has 1 aromatic heterocycles.